The second-order valence-electron chi connectivity index (χ2n) is 9.93. The first-order valence-corrected chi connectivity index (χ1v) is 11.4. The third-order valence-electron chi connectivity index (χ3n) is 6.38. The topological polar surface area (TPSA) is 50.8 Å². The molecule has 2 atom stereocenters. The third-order valence-corrected chi connectivity index (χ3v) is 6.38. The number of ether oxygens (including phenoxy) is 2. The average molecular weight is 457 g/mol. The van der Waals surface area contributed by atoms with Gasteiger partial charge in [-0.1, -0.05) is 0 Å². The molecule has 1 amide bonds. The van der Waals surface area contributed by atoms with Gasteiger partial charge in [0.15, 0.2) is 0 Å². The highest BCUT2D eigenvalue weighted by molar-refractivity contribution is 5.79. The number of alkyl halides is 3. The lowest BCUT2D eigenvalue weighted by Crippen LogP contribution is -2.42. The van der Waals surface area contributed by atoms with Crippen molar-refractivity contribution in [3.8, 4) is 5.75 Å². The first kappa shape index (κ1) is 24.8. The van der Waals surface area contributed by atoms with Crippen LogP contribution in [0.4, 0.5) is 13.2 Å². The highest BCUT2D eigenvalue weighted by Crippen LogP contribution is 2.34. The molecule has 1 aromatic rings. The van der Waals surface area contributed by atoms with Crippen LogP contribution >= 0.6 is 0 Å². The van der Waals surface area contributed by atoms with Gasteiger partial charge in [-0.2, -0.15) is 13.2 Å². The zero-order valence-corrected chi connectivity index (χ0v) is 19.4. The number of benzene rings is 1. The highest BCUT2D eigenvalue weighted by Gasteiger charge is 2.35. The SMILES string of the molecule is CN(C1CCOCC1)[C@@H]1CC[C@H](C(=O)NCc2cc(C(F)(F)F)ccc2OC(C)(C)C)C1. The molecule has 0 unspecified atom stereocenters. The lowest BCUT2D eigenvalue weighted by atomic mass is 10.0. The maximum Gasteiger partial charge on any atom is 0.416 e. The van der Waals surface area contributed by atoms with Crippen molar-refractivity contribution >= 4 is 5.91 Å². The molecule has 8 heteroatoms. The van der Waals surface area contributed by atoms with Crippen LogP contribution in [-0.2, 0) is 22.3 Å². The van der Waals surface area contributed by atoms with Gasteiger partial charge >= 0.3 is 6.18 Å². The molecule has 0 aromatic heterocycles. The van der Waals surface area contributed by atoms with E-state index >= 15 is 0 Å². The molecule has 2 aliphatic rings. The lowest BCUT2D eigenvalue weighted by molar-refractivity contribution is -0.137. The van der Waals surface area contributed by atoms with Crippen LogP contribution in [0.2, 0.25) is 0 Å². The first-order valence-electron chi connectivity index (χ1n) is 11.4. The van der Waals surface area contributed by atoms with Crippen molar-refractivity contribution in [2.45, 2.75) is 83.3 Å². The van der Waals surface area contributed by atoms with Gasteiger partial charge in [0, 0.05) is 43.3 Å². The quantitative estimate of drug-likeness (QED) is 0.670. The standard InChI is InChI=1S/C24H35F3N2O3/c1-23(2,3)32-21-8-6-18(24(25,26)27)13-17(21)15-28-22(30)16-5-7-20(14-16)29(4)19-9-11-31-12-10-19/h6,8,13,16,19-20H,5,7,9-12,14-15H2,1-4H3,(H,28,30)/t16-,20+/m0/s1. The molecular weight excluding hydrogens is 421 g/mol. The smallest absolute Gasteiger partial charge is 0.416 e. The molecule has 0 spiro atoms. The molecule has 1 saturated carbocycles. The fourth-order valence-electron chi connectivity index (χ4n) is 4.61. The normalized spacial score (nSPS) is 22.9. The van der Waals surface area contributed by atoms with Gasteiger partial charge < -0.3 is 19.7 Å². The molecular formula is C24H35F3N2O3. The summed E-state index contributed by atoms with van der Waals surface area (Å²) in [6.45, 7) is 7.07. The Morgan fingerprint density at radius 1 is 1.12 bits per heavy atom. The molecule has 3 rings (SSSR count). The zero-order chi connectivity index (χ0) is 23.5. The number of halogens is 3. The van der Waals surface area contributed by atoms with Gasteiger partial charge in [0.25, 0.3) is 0 Å². The Balaban J connectivity index is 1.62. The van der Waals surface area contributed by atoms with E-state index in [2.05, 4.69) is 17.3 Å². The van der Waals surface area contributed by atoms with Gasteiger partial charge in [0.1, 0.15) is 11.4 Å². The Kier molecular flexibility index (Phi) is 7.76. The molecule has 1 aliphatic heterocycles. The number of hydrogen-bond donors (Lipinski definition) is 1. The summed E-state index contributed by atoms with van der Waals surface area (Å²) in [5, 5.41) is 2.86. The summed E-state index contributed by atoms with van der Waals surface area (Å²) in [5.41, 5.74) is -0.981. The molecule has 180 valence electrons. The fourth-order valence-corrected chi connectivity index (χ4v) is 4.61. The van der Waals surface area contributed by atoms with Gasteiger partial charge in [-0.3, -0.25) is 4.79 Å². The summed E-state index contributed by atoms with van der Waals surface area (Å²) >= 11 is 0. The summed E-state index contributed by atoms with van der Waals surface area (Å²) < 4.78 is 50.9. The van der Waals surface area contributed by atoms with Crippen molar-refractivity contribution in [1.82, 2.24) is 10.2 Å². The highest BCUT2D eigenvalue weighted by atomic mass is 19.4. The molecule has 0 bridgehead atoms. The number of amides is 1. The molecule has 1 aliphatic carbocycles. The van der Waals surface area contributed by atoms with Gasteiger partial charge in [-0.25, -0.2) is 0 Å². The van der Waals surface area contributed by atoms with Crippen LogP contribution in [0.15, 0.2) is 18.2 Å². The monoisotopic (exact) mass is 456 g/mol. The van der Waals surface area contributed by atoms with Crippen molar-refractivity contribution in [3.05, 3.63) is 29.3 Å². The molecule has 32 heavy (non-hydrogen) atoms. The molecule has 1 saturated heterocycles. The minimum absolute atomic E-state index is 0.00510. The van der Waals surface area contributed by atoms with E-state index in [9.17, 15) is 18.0 Å². The van der Waals surface area contributed by atoms with Crippen LogP contribution in [0.5, 0.6) is 5.75 Å². The lowest BCUT2D eigenvalue weighted by Gasteiger charge is -2.35. The molecule has 2 fully saturated rings. The molecule has 1 aromatic carbocycles. The Morgan fingerprint density at radius 3 is 2.44 bits per heavy atom. The van der Waals surface area contributed by atoms with Crippen LogP contribution in [0.25, 0.3) is 0 Å². The van der Waals surface area contributed by atoms with E-state index in [4.69, 9.17) is 9.47 Å². The van der Waals surface area contributed by atoms with Gasteiger partial charge in [0.05, 0.1) is 5.56 Å². The predicted molar refractivity (Wildman–Crippen MR) is 116 cm³/mol. The van der Waals surface area contributed by atoms with Crippen molar-refractivity contribution in [3.63, 3.8) is 0 Å². The maximum atomic E-state index is 13.2. The number of carbonyl (C=O) groups excluding carboxylic acids is 1. The minimum atomic E-state index is -4.45. The van der Waals surface area contributed by atoms with E-state index in [1.807, 2.05) is 20.8 Å². The fraction of sp³-hybridized carbons (Fsp3) is 0.708. The summed E-state index contributed by atoms with van der Waals surface area (Å²) in [5.74, 6) is 0.126. The molecule has 0 radical (unpaired) electrons. The van der Waals surface area contributed by atoms with E-state index in [0.29, 0.717) is 23.4 Å². The molecule has 1 N–H and O–H groups in total. The molecule has 1 heterocycles. The Hall–Kier alpha value is -1.80. The Bertz CT molecular complexity index is 786. The number of nitrogens with zero attached hydrogens (tertiary/aromatic N) is 1. The van der Waals surface area contributed by atoms with E-state index in [-0.39, 0.29) is 18.4 Å². The summed E-state index contributed by atoms with van der Waals surface area (Å²) in [6, 6.07) is 4.25. The van der Waals surface area contributed by atoms with Gasteiger partial charge in [-0.15, -0.1) is 0 Å². The maximum absolute atomic E-state index is 13.2. The Morgan fingerprint density at radius 2 is 1.81 bits per heavy atom. The number of rotatable bonds is 6. The van der Waals surface area contributed by atoms with Crippen LogP contribution in [0.3, 0.4) is 0 Å². The largest absolute Gasteiger partial charge is 0.488 e. The predicted octanol–water partition coefficient (Wildman–Crippen LogP) is 4.78. The van der Waals surface area contributed by atoms with E-state index in [1.54, 1.807) is 0 Å². The van der Waals surface area contributed by atoms with Gasteiger partial charge in [0.2, 0.25) is 5.91 Å². The third kappa shape index (κ3) is 6.61. The number of carbonyl (C=O) groups is 1. The zero-order valence-electron chi connectivity index (χ0n) is 19.4. The summed E-state index contributed by atoms with van der Waals surface area (Å²) in [7, 11) is 2.12. The number of nitrogens with one attached hydrogen (secondary N) is 1. The van der Waals surface area contributed by atoms with E-state index in [1.165, 1.54) is 6.07 Å². The van der Waals surface area contributed by atoms with E-state index < -0.39 is 17.3 Å². The van der Waals surface area contributed by atoms with Crippen LogP contribution in [-0.4, -0.2) is 48.8 Å². The van der Waals surface area contributed by atoms with Crippen LogP contribution < -0.4 is 10.1 Å². The number of hydrogen-bond acceptors (Lipinski definition) is 4. The summed E-state index contributed by atoms with van der Waals surface area (Å²) in [4.78, 5) is 15.2. The Labute approximate surface area is 188 Å². The second-order valence-corrected chi connectivity index (χ2v) is 9.93. The average Bonchev–Trinajstić information content (AvgIpc) is 3.21. The molecule has 5 nitrogen and oxygen atoms in total. The second kappa shape index (κ2) is 10.00. The van der Waals surface area contributed by atoms with Gasteiger partial charge in [-0.05, 0) is 78.1 Å². The van der Waals surface area contributed by atoms with Crippen LogP contribution in [0, 0.1) is 5.92 Å². The van der Waals surface area contributed by atoms with Crippen LogP contribution in [0.1, 0.15) is 64.0 Å². The van der Waals surface area contributed by atoms with Crippen molar-refractivity contribution in [1.29, 1.82) is 0 Å². The van der Waals surface area contributed by atoms with Crippen molar-refractivity contribution in [2.24, 2.45) is 5.92 Å². The first-order chi connectivity index (χ1) is 14.9. The van der Waals surface area contributed by atoms with E-state index in [0.717, 1.165) is 57.5 Å². The van der Waals surface area contributed by atoms with Crippen molar-refractivity contribution < 1.29 is 27.4 Å². The minimum Gasteiger partial charge on any atom is -0.488 e. The van der Waals surface area contributed by atoms with Crippen molar-refractivity contribution in [2.75, 3.05) is 20.3 Å². The summed E-state index contributed by atoms with van der Waals surface area (Å²) in [6.07, 6.45) is 0.0812.